The molecular weight excluding hydrogens is 341 g/mol. The molecule has 26 heavy (non-hydrogen) atoms. The molecule has 0 aliphatic heterocycles. The van der Waals surface area contributed by atoms with Crippen molar-refractivity contribution in [3.05, 3.63) is 47.8 Å². The molecule has 0 unspecified atom stereocenters. The van der Waals surface area contributed by atoms with E-state index in [1.165, 1.54) is 27.4 Å². The number of hydrogen-bond acceptors (Lipinski definition) is 6. The van der Waals surface area contributed by atoms with Crippen LogP contribution in [0.1, 0.15) is 5.56 Å². The zero-order valence-electron chi connectivity index (χ0n) is 14.6. The minimum absolute atomic E-state index is 0.245. The maximum atomic E-state index is 14.1. The fraction of sp³-hybridized carbons (Fsp3) is 0.211. The van der Waals surface area contributed by atoms with Crippen molar-refractivity contribution in [2.24, 2.45) is 0 Å². The van der Waals surface area contributed by atoms with E-state index in [9.17, 15) is 9.50 Å². The van der Waals surface area contributed by atoms with E-state index in [0.717, 1.165) is 0 Å². The zero-order valence-corrected chi connectivity index (χ0v) is 14.6. The molecule has 0 saturated heterocycles. The van der Waals surface area contributed by atoms with Crippen LogP contribution in [-0.2, 0) is 6.61 Å². The molecule has 7 heteroatoms. The molecule has 0 fully saturated rings. The van der Waals surface area contributed by atoms with Crippen molar-refractivity contribution in [3.8, 4) is 39.8 Å². The Hall–Kier alpha value is -3.06. The first kappa shape index (κ1) is 17.8. The van der Waals surface area contributed by atoms with Crippen LogP contribution in [0.2, 0.25) is 0 Å². The summed E-state index contributed by atoms with van der Waals surface area (Å²) in [5, 5.41) is 13.8. The van der Waals surface area contributed by atoms with E-state index >= 15 is 0 Å². The van der Waals surface area contributed by atoms with Crippen LogP contribution >= 0.6 is 0 Å². The van der Waals surface area contributed by atoms with Crippen LogP contribution < -0.4 is 14.2 Å². The SMILES string of the molecule is COc1cc(-c2onc(-c3ccccc3F)c2CO)cc(OC)c1OC. The van der Waals surface area contributed by atoms with Gasteiger partial charge in [0.2, 0.25) is 5.75 Å². The molecule has 0 radical (unpaired) electrons. The fourth-order valence-corrected chi connectivity index (χ4v) is 2.76. The van der Waals surface area contributed by atoms with Crippen LogP contribution in [0.5, 0.6) is 17.2 Å². The van der Waals surface area contributed by atoms with Gasteiger partial charge in [-0.15, -0.1) is 0 Å². The van der Waals surface area contributed by atoms with Gasteiger partial charge in [-0.05, 0) is 24.3 Å². The van der Waals surface area contributed by atoms with Crippen LogP contribution in [0.15, 0.2) is 40.9 Å². The van der Waals surface area contributed by atoms with Gasteiger partial charge in [0.25, 0.3) is 0 Å². The minimum atomic E-state index is -0.452. The Balaban J connectivity index is 2.18. The average molecular weight is 359 g/mol. The van der Waals surface area contributed by atoms with Gasteiger partial charge in [-0.3, -0.25) is 0 Å². The Labute approximate surface area is 149 Å². The van der Waals surface area contributed by atoms with E-state index in [0.29, 0.717) is 34.1 Å². The normalized spacial score (nSPS) is 10.7. The molecule has 0 saturated carbocycles. The lowest BCUT2D eigenvalue weighted by atomic mass is 10.0. The largest absolute Gasteiger partial charge is 0.493 e. The number of aliphatic hydroxyl groups is 1. The highest BCUT2D eigenvalue weighted by Crippen LogP contribution is 2.43. The molecular formula is C19H18FNO5. The summed E-state index contributed by atoms with van der Waals surface area (Å²) in [4.78, 5) is 0. The van der Waals surface area contributed by atoms with Crippen LogP contribution in [0.3, 0.4) is 0 Å². The number of nitrogens with zero attached hydrogens (tertiary/aromatic N) is 1. The third kappa shape index (κ3) is 2.97. The average Bonchev–Trinajstić information content (AvgIpc) is 3.10. The Bertz CT molecular complexity index is 897. The summed E-state index contributed by atoms with van der Waals surface area (Å²) in [5.74, 6) is 1.12. The standard InChI is InChI=1S/C19H18FNO5/c1-23-15-8-11(9-16(24-2)19(15)25-3)18-13(10-22)17(21-26-18)12-6-4-5-7-14(12)20/h4-9,22H,10H2,1-3H3. The molecule has 1 aromatic heterocycles. The van der Waals surface area contributed by atoms with E-state index < -0.39 is 5.82 Å². The van der Waals surface area contributed by atoms with Crippen molar-refractivity contribution in [2.45, 2.75) is 6.61 Å². The predicted octanol–water partition coefficient (Wildman–Crippen LogP) is 3.67. The number of ether oxygens (including phenoxy) is 3. The molecule has 6 nitrogen and oxygen atoms in total. The summed E-state index contributed by atoms with van der Waals surface area (Å²) in [5.41, 5.74) is 1.41. The number of hydrogen-bond donors (Lipinski definition) is 1. The zero-order chi connectivity index (χ0) is 18.7. The van der Waals surface area contributed by atoms with Crippen molar-refractivity contribution in [3.63, 3.8) is 0 Å². The molecule has 0 atom stereocenters. The molecule has 0 aliphatic carbocycles. The summed E-state index contributed by atoms with van der Waals surface area (Å²) < 4.78 is 35.5. The molecule has 0 aliphatic rings. The van der Waals surface area contributed by atoms with E-state index in [1.54, 1.807) is 30.3 Å². The molecule has 136 valence electrons. The highest BCUT2D eigenvalue weighted by atomic mass is 19.1. The Morgan fingerprint density at radius 2 is 1.69 bits per heavy atom. The first-order valence-electron chi connectivity index (χ1n) is 7.79. The molecule has 3 aromatic rings. The monoisotopic (exact) mass is 359 g/mol. The van der Waals surface area contributed by atoms with Crippen LogP contribution in [0.25, 0.3) is 22.6 Å². The first-order chi connectivity index (χ1) is 12.6. The predicted molar refractivity (Wildman–Crippen MR) is 92.9 cm³/mol. The molecule has 2 aromatic carbocycles. The maximum Gasteiger partial charge on any atom is 0.203 e. The molecule has 0 amide bonds. The van der Waals surface area contributed by atoms with Gasteiger partial charge in [0, 0.05) is 11.1 Å². The number of aromatic nitrogens is 1. The third-order valence-corrected chi connectivity index (χ3v) is 4.00. The summed E-state index contributed by atoms with van der Waals surface area (Å²) in [7, 11) is 4.50. The third-order valence-electron chi connectivity index (χ3n) is 4.00. The Morgan fingerprint density at radius 1 is 1.04 bits per heavy atom. The van der Waals surface area contributed by atoms with Crippen LogP contribution in [-0.4, -0.2) is 31.6 Å². The van der Waals surface area contributed by atoms with E-state index in [1.807, 2.05) is 0 Å². The molecule has 0 bridgehead atoms. The lowest BCUT2D eigenvalue weighted by molar-refractivity contribution is 0.281. The van der Waals surface area contributed by atoms with Crippen molar-refractivity contribution in [1.29, 1.82) is 0 Å². The van der Waals surface area contributed by atoms with Gasteiger partial charge in [0.15, 0.2) is 17.3 Å². The number of methoxy groups -OCH3 is 3. The fourth-order valence-electron chi connectivity index (χ4n) is 2.76. The van der Waals surface area contributed by atoms with Gasteiger partial charge in [0.1, 0.15) is 11.5 Å². The molecule has 1 N–H and O–H groups in total. The topological polar surface area (TPSA) is 74.0 Å². The second-order valence-corrected chi connectivity index (χ2v) is 5.39. The van der Waals surface area contributed by atoms with E-state index in [4.69, 9.17) is 18.7 Å². The van der Waals surface area contributed by atoms with Crippen molar-refractivity contribution < 1.29 is 28.2 Å². The van der Waals surface area contributed by atoms with Gasteiger partial charge in [-0.25, -0.2) is 4.39 Å². The van der Waals surface area contributed by atoms with Gasteiger partial charge < -0.3 is 23.8 Å². The van der Waals surface area contributed by atoms with Gasteiger partial charge >= 0.3 is 0 Å². The highest BCUT2D eigenvalue weighted by Gasteiger charge is 2.23. The van der Waals surface area contributed by atoms with Gasteiger partial charge in [-0.1, -0.05) is 17.3 Å². The number of aliphatic hydroxyl groups excluding tert-OH is 1. The summed E-state index contributed by atoms with van der Waals surface area (Å²) in [6.45, 7) is -0.376. The minimum Gasteiger partial charge on any atom is -0.493 e. The van der Waals surface area contributed by atoms with E-state index in [-0.39, 0.29) is 17.9 Å². The second-order valence-electron chi connectivity index (χ2n) is 5.39. The lowest BCUT2D eigenvalue weighted by Crippen LogP contribution is -1.96. The second kappa shape index (κ2) is 7.45. The molecule has 3 rings (SSSR count). The number of benzene rings is 2. The van der Waals surface area contributed by atoms with Crippen molar-refractivity contribution in [2.75, 3.05) is 21.3 Å². The van der Waals surface area contributed by atoms with Gasteiger partial charge in [0.05, 0.1) is 33.5 Å². The highest BCUT2D eigenvalue weighted by molar-refractivity contribution is 5.75. The quantitative estimate of drug-likeness (QED) is 0.724. The van der Waals surface area contributed by atoms with Crippen LogP contribution in [0, 0.1) is 5.82 Å². The maximum absolute atomic E-state index is 14.1. The van der Waals surface area contributed by atoms with Gasteiger partial charge in [-0.2, -0.15) is 0 Å². The molecule has 0 spiro atoms. The Kier molecular flexibility index (Phi) is 5.09. The summed E-state index contributed by atoms with van der Waals surface area (Å²) >= 11 is 0. The summed E-state index contributed by atoms with van der Waals surface area (Å²) in [6, 6.07) is 9.51. The van der Waals surface area contributed by atoms with Crippen molar-refractivity contribution >= 4 is 0 Å². The van der Waals surface area contributed by atoms with Crippen LogP contribution in [0.4, 0.5) is 4.39 Å². The van der Waals surface area contributed by atoms with E-state index in [2.05, 4.69) is 5.16 Å². The number of halogens is 1. The first-order valence-corrected chi connectivity index (χ1v) is 7.79. The Morgan fingerprint density at radius 3 is 2.23 bits per heavy atom. The van der Waals surface area contributed by atoms with Crippen molar-refractivity contribution in [1.82, 2.24) is 5.16 Å². The smallest absolute Gasteiger partial charge is 0.203 e. The lowest BCUT2D eigenvalue weighted by Gasteiger charge is -2.13. The number of rotatable bonds is 6. The molecule has 1 heterocycles. The summed E-state index contributed by atoms with van der Waals surface area (Å²) in [6.07, 6.45) is 0.